The standard InChI is InChI=1S/C17H32N2O3/c1-3-22-15-12-14(17(15)9-5-4-6-10-17)19-16(21)18-13(2)8-7-11-20/h13-15,20H,3-12H2,1-2H3,(H2,18,19,21). The summed E-state index contributed by atoms with van der Waals surface area (Å²) in [4.78, 5) is 12.2. The van der Waals surface area contributed by atoms with E-state index >= 15 is 0 Å². The molecule has 0 saturated heterocycles. The second kappa shape index (κ2) is 8.16. The van der Waals surface area contributed by atoms with Crippen LogP contribution in [0, 0.1) is 5.41 Å². The topological polar surface area (TPSA) is 70.6 Å². The molecule has 2 amide bonds. The second-order valence-electron chi connectivity index (χ2n) is 6.91. The van der Waals surface area contributed by atoms with Gasteiger partial charge in [-0.2, -0.15) is 0 Å². The maximum absolute atomic E-state index is 12.2. The maximum atomic E-state index is 12.2. The van der Waals surface area contributed by atoms with E-state index in [9.17, 15) is 4.79 Å². The van der Waals surface area contributed by atoms with E-state index < -0.39 is 0 Å². The highest BCUT2D eigenvalue weighted by atomic mass is 16.5. The number of aliphatic hydroxyl groups excluding tert-OH is 1. The van der Waals surface area contributed by atoms with Crippen molar-refractivity contribution in [2.75, 3.05) is 13.2 Å². The molecule has 0 aliphatic heterocycles. The van der Waals surface area contributed by atoms with Gasteiger partial charge in [0.15, 0.2) is 0 Å². The molecule has 0 radical (unpaired) electrons. The summed E-state index contributed by atoms with van der Waals surface area (Å²) in [5.74, 6) is 0. The monoisotopic (exact) mass is 312 g/mol. The van der Waals surface area contributed by atoms with Crippen molar-refractivity contribution < 1.29 is 14.6 Å². The number of rotatable bonds is 7. The lowest BCUT2D eigenvalue weighted by Crippen LogP contribution is -2.66. The molecule has 128 valence electrons. The van der Waals surface area contributed by atoms with Gasteiger partial charge in [-0.05, 0) is 46.0 Å². The van der Waals surface area contributed by atoms with Gasteiger partial charge in [0.25, 0.3) is 0 Å². The van der Waals surface area contributed by atoms with E-state index in [2.05, 4.69) is 10.6 Å². The normalized spacial score (nSPS) is 28.0. The zero-order valence-electron chi connectivity index (χ0n) is 14.1. The first-order chi connectivity index (χ1) is 10.6. The zero-order valence-corrected chi connectivity index (χ0v) is 14.1. The van der Waals surface area contributed by atoms with Gasteiger partial charge in [0.1, 0.15) is 0 Å². The van der Waals surface area contributed by atoms with Gasteiger partial charge in [-0.1, -0.05) is 19.3 Å². The predicted molar refractivity (Wildman–Crippen MR) is 86.8 cm³/mol. The SMILES string of the molecule is CCOC1CC(NC(=O)NC(C)CCCO)C12CCCCC2. The Balaban J connectivity index is 1.84. The molecule has 1 spiro atoms. The van der Waals surface area contributed by atoms with E-state index in [1.165, 1.54) is 32.1 Å². The van der Waals surface area contributed by atoms with E-state index in [0.29, 0.717) is 6.10 Å². The molecular formula is C17H32N2O3. The van der Waals surface area contributed by atoms with Gasteiger partial charge in [-0.15, -0.1) is 0 Å². The number of carbonyl (C=O) groups excluding carboxylic acids is 1. The first-order valence-corrected chi connectivity index (χ1v) is 8.92. The van der Waals surface area contributed by atoms with Crippen LogP contribution in [0.1, 0.15) is 65.2 Å². The summed E-state index contributed by atoms with van der Waals surface area (Å²) in [5.41, 5.74) is 0.167. The van der Waals surface area contributed by atoms with Crippen LogP contribution in [0.5, 0.6) is 0 Å². The van der Waals surface area contributed by atoms with Crippen molar-refractivity contribution in [3.8, 4) is 0 Å². The third kappa shape index (κ3) is 3.93. The lowest BCUT2D eigenvalue weighted by molar-refractivity contribution is -0.146. The fraction of sp³-hybridized carbons (Fsp3) is 0.941. The van der Waals surface area contributed by atoms with Crippen LogP contribution in [-0.2, 0) is 4.74 Å². The van der Waals surface area contributed by atoms with Crippen molar-refractivity contribution >= 4 is 6.03 Å². The number of carbonyl (C=O) groups is 1. The molecule has 2 aliphatic carbocycles. The molecule has 2 rings (SSSR count). The van der Waals surface area contributed by atoms with Gasteiger partial charge < -0.3 is 20.5 Å². The molecule has 0 aromatic heterocycles. The summed E-state index contributed by atoms with van der Waals surface area (Å²) >= 11 is 0. The number of urea groups is 1. The van der Waals surface area contributed by atoms with Crippen LogP contribution in [0.4, 0.5) is 4.79 Å². The highest BCUT2D eigenvalue weighted by molar-refractivity contribution is 5.74. The minimum absolute atomic E-state index is 0.0738. The molecule has 0 aromatic rings. The third-order valence-corrected chi connectivity index (χ3v) is 5.42. The molecule has 3 unspecified atom stereocenters. The third-order valence-electron chi connectivity index (χ3n) is 5.42. The smallest absolute Gasteiger partial charge is 0.315 e. The van der Waals surface area contributed by atoms with E-state index in [1.807, 2.05) is 13.8 Å². The summed E-state index contributed by atoms with van der Waals surface area (Å²) in [6.45, 7) is 4.96. The molecule has 22 heavy (non-hydrogen) atoms. The van der Waals surface area contributed by atoms with Crippen molar-refractivity contribution in [3.63, 3.8) is 0 Å². The predicted octanol–water partition coefficient (Wildman–Crippen LogP) is 2.57. The molecule has 2 fully saturated rings. The Bertz CT molecular complexity index is 356. The minimum Gasteiger partial charge on any atom is -0.396 e. The second-order valence-corrected chi connectivity index (χ2v) is 6.91. The molecule has 2 aliphatic rings. The molecule has 3 N–H and O–H groups in total. The molecule has 0 bridgehead atoms. The highest BCUT2D eigenvalue weighted by Gasteiger charge is 2.56. The molecule has 3 atom stereocenters. The van der Waals surface area contributed by atoms with E-state index in [4.69, 9.17) is 9.84 Å². The van der Waals surface area contributed by atoms with Gasteiger partial charge in [-0.25, -0.2) is 4.79 Å². The Hall–Kier alpha value is -0.810. The number of aliphatic hydroxyl groups is 1. The van der Waals surface area contributed by atoms with Gasteiger partial charge in [0, 0.05) is 30.7 Å². The van der Waals surface area contributed by atoms with Gasteiger partial charge >= 0.3 is 6.03 Å². The largest absolute Gasteiger partial charge is 0.396 e. The maximum Gasteiger partial charge on any atom is 0.315 e. The van der Waals surface area contributed by atoms with Crippen molar-refractivity contribution in [2.45, 2.75) is 83.4 Å². The van der Waals surface area contributed by atoms with Crippen molar-refractivity contribution in [2.24, 2.45) is 5.41 Å². The Kier molecular flexibility index (Phi) is 6.50. The van der Waals surface area contributed by atoms with Gasteiger partial charge in [-0.3, -0.25) is 0 Å². The number of amides is 2. The van der Waals surface area contributed by atoms with E-state index in [-0.39, 0.29) is 30.1 Å². The van der Waals surface area contributed by atoms with Crippen LogP contribution in [-0.4, -0.2) is 42.5 Å². The number of ether oxygens (including phenoxy) is 1. The van der Waals surface area contributed by atoms with Crippen LogP contribution in [0.25, 0.3) is 0 Å². The molecule has 0 aromatic carbocycles. The fourth-order valence-corrected chi connectivity index (χ4v) is 4.16. The van der Waals surface area contributed by atoms with Crippen molar-refractivity contribution in [1.82, 2.24) is 10.6 Å². The van der Waals surface area contributed by atoms with Crippen molar-refractivity contribution in [1.29, 1.82) is 0 Å². The average molecular weight is 312 g/mol. The molecule has 5 heteroatoms. The van der Waals surface area contributed by atoms with Gasteiger partial charge in [0.2, 0.25) is 0 Å². The molecular weight excluding hydrogens is 280 g/mol. The summed E-state index contributed by atoms with van der Waals surface area (Å²) < 4.78 is 5.92. The molecule has 2 saturated carbocycles. The van der Waals surface area contributed by atoms with E-state index in [0.717, 1.165) is 25.9 Å². The number of hydrogen-bond donors (Lipinski definition) is 3. The van der Waals surface area contributed by atoms with Crippen LogP contribution in [0.2, 0.25) is 0 Å². The average Bonchev–Trinajstić information content (AvgIpc) is 2.52. The summed E-state index contributed by atoms with van der Waals surface area (Å²) in [6, 6.07) is 0.266. The fourth-order valence-electron chi connectivity index (χ4n) is 4.16. The van der Waals surface area contributed by atoms with Crippen LogP contribution in [0.15, 0.2) is 0 Å². The molecule has 0 heterocycles. The molecule has 5 nitrogen and oxygen atoms in total. The summed E-state index contributed by atoms with van der Waals surface area (Å²) in [5, 5.41) is 15.0. The lowest BCUT2D eigenvalue weighted by atomic mass is 9.55. The summed E-state index contributed by atoms with van der Waals surface area (Å²) in [7, 11) is 0. The quantitative estimate of drug-likeness (QED) is 0.676. The first kappa shape index (κ1) is 17.5. The highest BCUT2D eigenvalue weighted by Crippen LogP contribution is 2.53. The number of nitrogens with one attached hydrogen (secondary N) is 2. The van der Waals surface area contributed by atoms with Crippen molar-refractivity contribution in [3.05, 3.63) is 0 Å². The van der Waals surface area contributed by atoms with Crippen LogP contribution in [0.3, 0.4) is 0 Å². The summed E-state index contributed by atoms with van der Waals surface area (Å²) in [6.07, 6.45) is 8.92. The Morgan fingerprint density at radius 1 is 1.36 bits per heavy atom. The van der Waals surface area contributed by atoms with Gasteiger partial charge in [0.05, 0.1) is 6.10 Å². The van der Waals surface area contributed by atoms with Crippen LogP contribution >= 0.6 is 0 Å². The van der Waals surface area contributed by atoms with E-state index in [1.54, 1.807) is 0 Å². The number of hydrogen-bond acceptors (Lipinski definition) is 3. The first-order valence-electron chi connectivity index (χ1n) is 8.92. The Morgan fingerprint density at radius 3 is 2.73 bits per heavy atom. The Morgan fingerprint density at radius 2 is 2.09 bits per heavy atom. The minimum atomic E-state index is -0.0738. The van der Waals surface area contributed by atoms with Crippen LogP contribution < -0.4 is 10.6 Å². The zero-order chi connectivity index (χ0) is 16.0. The lowest BCUT2D eigenvalue weighted by Gasteiger charge is -2.57. The Labute approximate surface area is 134 Å².